The smallest absolute Gasteiger partial charge is 0.119 e. The molecule has 0 saturated heterocycles. The average molecular weight is 292 g/mol. The summed E-state index contributed by atoms with van der Waals surface area (Å²) in [5, 5.41) is 1.27. The van der Waals surface area contributed by atoms with Gasteiger partial charge in [0.15, 0.2) is 0 Å². The fourth-order valence-corrected chi connectivity index (χ4v) is 3.77. The van der Waals surface area contributed by atoms with E-state index in [0.717, 1.165) is 23.4 Å². The molecule has 1 heterocycles. The molecule has 0 amide bonds. The van der Waals surface area contributed by atoms with Gasteiger partial charge in [0.25, 0.3) is 0 Å². The Hall–Kier alpha value is -2.42. The summed E-state index contributed by atoms with van der Waals surface area (Å²) in [7, 11) is 1.72. The number of hydrogen-bond donors (Lipinski definition) is 2. The molecule has 22 heavy (non-hydrogen) atoms. The third-order valence-electron chi connectivity index (χ3n) is 4.91. The molecule has 3 N–H and O–H groups in total. The first kappa shape index (κ1) is 13.3. The molecule has 1 aliphatic rings. The molecule has 112 valence electrons. The SMILES string of the molecule is COc1ccc2c(c1)Cc1c([nH]c3cc(N)ccc13)C2(C)C. The van der Waals surface area contributed by atoms with Crippen LogP contribution in [0.2, 0.25) is 0 Å². The first-order chi connectivity index (χ1) is 10.5. The molecule has 0 radical (unpaired) electrons. The zero-order chi connectivity index (χ0) is 15.5. The number of anilines is 1. The van der Waals surface area contributed by atoms with Gasteiger partial charge in [0, 0.05) is 34.1 Å². The second-order valence-corrected chi connectivity index (χ2v) is 6.61. The average Bonchev–Trinajstić information content (AvgIpc) is 2.85. The summed E-state index contributed by atoms with van der Waals surface area (Å²) >= 11 is 0. The molecule has 0 fully saturated rings. The summed E-state index contributed by atoms with van der Waals surface area (Å²) in [4.78, 5) is 3.61. The molecular weight excluding hydrogens is 272 g/mol. The first-order valence-electron chi connectivity index (χ1n) is 7.58. The maximum absolute atomic E-state index is 5.93. The van der Waals surface area contributed by atoms with Crippen LogP contribution in [0.1, 0.15) is 36.2 Å². The van der Waals surface area contributed by atoms with Crippen LogP contribution in [-0.4, -0.2) is 12.1 Å². The summed E-state index contributed by atoms with van der Waals surface area (Å²) in [5.74, 6) is 0.919. The number of nitrogens with one attached hydrogen (secondary N) is 1. The normalized spacial score (nSPS) is 15.4. The van der Waals surface area contributed by atoms with Gasteiger partial charge in [-0.1, -0.05) is 26.0 Å². The summed E-state index contributed by atoms with van der Waals surface area (Å²) in [6, 6.07) is 12.5. The molecule has 3 nitrogen and oxygen atoms in total. The van der Waals surface area contributed by atoms with Gasteiger partial charge in [0.05, 0.1) is 7.11 Å². The van der Waals surface area contributed by atoms with Crippen LogP contribution in [0.5, 0.6) is 5.75 Å². The quantitative estimate of drug-likeness (QED) is 0.666. The van der Waals surface area contributed by atoms with Crippen LogP contribution in [0, 0.1) is 0 Å². The molecule has 1 aromatic heterocycles. The third-order valence-corrected chi connectivity index (χ3v) is 4.91. The second-order valence-electron chi connectivity index (χ2n) is 6.61. The van der Waals surface area contributed by atoms with E-state index < -0.39 is 0 Å². The van der Waals surface area contributed by atoms with Crippen molar-refractivity contribution in [3.05, 3.63) is 58.8 Å². The van der Waals surface area contributed by atoms with Gasteiger partial charge in [-0.25, -0.2) is 0 Å². The lowest BCUT2D eigenvalue weighted by Crippen LogP contribution is -2.27. The highest BCUT2D eigenvalue weighted by Crippen LogP contribution is 2.44. The summed E-state index contributed by atoms with van der Waals surface area (Å²) < 4.78 is 5.40. The van der Waals surface area contributed by atoms with E-state index in [9.17, 15) is 0 Å². The van der Waals surface area contributed by atoms with Gasteiger partial charge in [0.1, 0.15) is 5.75 Å². The van der Waals surface area contributed by atoms with Gasteiger partial charge in [-0.2, -0.15) is 0 Å². The van der Waals surface area contributed by atoms with Crippen LogP contribution < -0.4 is 10.5 Å². The Balaban J connectivity index is 1.99. The highest BCUT2D eigenvalue weighted by Gasteiger charge is 2.35. The number of ether oxygens (including phenoxy) is 1. The largest absolute Gasteiger partial charge is 0.497 e. The maximum Gasteiger partial charge on any atom is 0.119 e. The number of methoxy groups -OCH3 is 1. The molecule has 0 bridgehead atoms. The molecule has 1 aliphatic carbocycles. The molecule has 0 aliphatic heterocycles. The van der Waals surface area contributed by atoms with E-state index in [4.69, 9.17) is 10.5 Å². The fraction of sp³-hybridized carbons (Fsp3) is 0.263. The number of aromatic amines is 1. The minimum absolute atomic E-state index is 0.0526. The van der Waals surface area contributed by atoms with Crippen LogP contribution in [-0.2, 0) is 11.8 Å². The van der Waals surface area contributed by atoms with Gasteiger partial charge in [-0.05, 0) is 41.0 Å². The number of benzene rings is 2. The first-order valence-corrected chi connectivity index (χ1v) is 7.58. The van der Waals surface area contributed by atoms with Crippen molar-refractivity contribution in [3.63, 3.8) is 0 Å². The monoisotopic (exact) mass is 292 g/mol. The van der Waals surface area contributed by atoms with Crippen molar-refractivity contribution in [3.8, 4) is 5.75 Å². The lowest BCUT2D eigenvalue weighted by atomic mass is 9.72. The predicted octanol–water partition coefficient (Wildman–Crippen LogP) is 3.99. The number of fused-ring (bicyclic) bond motifs is 4. The van der Waals surface area contributed by atoms with Gasteiger partial charge >= 0.3 is 0 Å². The van der Waals surface area contributed by atoms with Crippen molar-refractivity contribution < 1.29 is 4.74 Å². The molecule has 3 aromatic rings. The highest BCUT2D eigenvalue weighted by molar-refractivity contribution is 5.88. The zero-order valence-corrected chi connectivity index (χ0v) is 13.2. The molecule has 0 saturated carbocycles. The Bertz CT molecular complexity index is 890. The second kappa shape index (κ2) is 4.29. The standard InChI is InChI=1S/C19H20N2O/c1-19(2)16-7-5-13(22-3)8-11(16)9-15-14-6-4-12(20)10-17(14)21-18(15)19/h4-8,10,21H,9,20H2,1-3H3. The zero-order valence-electron chi connectivity index (χ0n) is 13.2. The molecule has 0 spiro atoms. The number of hydrogen-bond acceptors (Lipinski definition) is 2. The van der Waals surface area contributed by atoms with Gasteiger partial charge in [0.2, 0.25) is 0 Å². The highest BCUT2D eigenvalue weighted by atomic mass is 16.5. The molecule has 0 unspecified atom stereocenters. The number of nitrogens with two attached hydrogens (primary N) is 1. The molecular formula is C19H20N2O. The minimum atomic E-state index is -0.0526. The maximum atomic E-state index is 5.93. The van der Waals surface area contributed by atoms with Crippen LogP contribution in [0.4, 0.5) is 5.69 Å². The number of aromatic nitrogens is 1. The van der Waals surface area contributed by atoms with E-state index in [1.165, 1.54) is 27.8 Å². The molecule has 4 rings (SSSR count). The Morgan fingerprint density at radius 1 is 1.14 bits per heavy atom. The van der Waals surface area contributed by atoms with Crippen molar-refractivity contribution in [1.29, 1.82) is 0 Å². The summed E-state index contributed by atoms with van der Waals surface area (Å²) in [6.45, 7) is 4.55. The Labute approximate surface area is 130 Å². The number of H-pyrrole nitrogens is 1. The van der Waals surface area contributed by atoms with E-state index in [-0.39, 0.29) is 5.41 Å². The summed E-state index contributed by atoms with van der Waals surface area (Å²) in [6.07, 6.45) is 0.926. The van der Waals surface area contributed by atoms with Crippen molar-refractivity contribution in [2.45, 2.75) is 25.7 Å². The summed E-state index contributed by atoms with van der Waals surface area (Å²) in [5.41, 5.74) is 13.2. The fourth-order valence-electron chi connectivity index (χ4n) is 3.77. The van der Waals surface area contributed by atoms with Crippen molar-refractivity contribution >= 4 is 16.6 Å². The van der Waals surface area contributed by atoms with Gasteiger partial charge in [-0.15, -0.1) is 0 Å². The lowest BCUT2D eigenvalue weighted by Gasteiger charge is -2.33. The van der Waals surface area contributed by atoms with Crippen LogP contribution in [0.15, 0.2) is 36.4 Å². The van der Waals surface area contributed by atoms with Gasteiger partial charge in [-0.3, -0.25) is 0 Å². The van der Waals surface area contributed by atoms with E-state index in [2.05, 4.69) is 37.0 Å². The Kier molecular flexibility index (Phi) is 2.59. The van der Waals surface area contributed by atoms with Crippen LogP contribution in [0.25, 0.3) is 10.9 Å². The predicted molar refractivity (Wildman–Crippen MR) is 90.6 cm³/mol. The Morgan fingerprint density at radius 3 is 2.73 bits per heavy atom. The van der Waals surface area contributed by atoms with E-state index in [0.29, 0.717) is 0 Å². The minimum Gasteiger partial charge on any atom is -0.497 e. The van der Waals surface area contributed by atoms with Crippen LogP contribution in [0.3, 0.4) is 0 Å². The van der Waals surface area contributed by atoms with E-state index in [1.807, 2.05) is 18.2 Å². The van der Waals surface area contributed by atoms with Crippen LogP contribution >= 0.6 is 0 Å². The van der Waals surface area contributed by atoms with Crippen molar-refractivity contribution in [2.24, 2.45) is 0 Å². The Morgan fingerprint density at radius 2 is 1.95 bits per heavy atom. The van der Waals surface area contributed by atoms with Crippen molar-refractivity contribution in [1.82, 2.24) is 4.98 Å². The van der Waals surface area contributed by atoms with Gasteiger partial charge < -0.3 is 15.5 Å². The lowest BCUT2D eigenvalue weighted by molar-refractivity contribution is 0.413. The molecule has 2 aromatic carbocycles. The topological polar surface area (TPSA) is 51.0 Å². The number of rotatable bonds is 1. The molecule has 3 heteroatoms. The number of nitrogen functional groups attached to an aromatic ring is 1. The molecule has 0 atom stereocenters. The third kappa shape index (κ3) is 1.68. The van der Waals surface area contributed by atoms with Crippen molar-refractivity contribution in [2.75, 3.05) is 12.8 Å². The van der Waals surface area contributed by atoms with E-state index >= 15 is 0 Å². The van der Waals surface area contributed by atoms with E-state index in [1.54, 1.807) is 7.11 Å².